The number of nitrogens with zero attached hydrogens (tertiary/aromatic N) is 2. The average molecular weight is 254 g/mol. The van der Waals surface area contributed by atoms with Crippen LogP contribution in [0.2, 0.25) is 0 Å². The smallest absolute Gasteiger partial charge is 0.225 e. The summed E-state index contributed by atoms with van der Waals surface area (Å²) in [5.41, 5.74) is 2.16. The molecule has 0 bridgehead atoms. The van der Waals surface area contributed by atoms with Gasteiger partial charge in [-0.2, -0.15) is 0 Å². The van der Waals surface area contributed by atoms with Gasteiger partial charge in [0.05, 0.1) is 5.52 Å². The van der Waals surface area contributed by atoms with Gasteiger partial charge in [0, 0.05) is 31.1 Å². The van der Waals surface area contributed by atoms with Gasteiger partial charge < -0.3 is 4.90 Å². The Labute approximate surface area is 113 Å². The van der Waals surface area contributed by atoms with Crippen LogP contribution in [0, 0.1) is 5.92 Å². The Kier molecular flexibility index (Phi) is 3.20. The van der Waals surface area contributed by atoms with Gasteiger partial charge in [-0.15, -0.1) is 0 Å². The zero-order valence-corrected chi connectivity index (χ0v) is 11.2. The fourth-order valence-corrected chi connectivity index (χ4v) is 2.54. The second-order valence-corrected chi connectivity index (χ2v) is 5.35. The van der Waals surface area contributed by atoms with E-state index in [2.05, 4.69) is 23.2 Å². The highest BCUT2D eigenvalue weighted by Gasteiger charge is 2.27. The lowest BCUT2D eigenvalue weighted by Gasteiger charge is -2.29. The first-order chi connectivity index (χ1) is 9.24. The lowest BCUT2D eigenvalue weighted by atomic mass is 9.84. The molecule has 1 aliphatic rings. The summed E-state index contributed by atoms with van der Waals surface area (Å²) in [6, 6.07) is 10.2. The monoisotopic (exact) mass is 254 g/mol. The molecule has 1 heterocycles. The second-order valence-electron chi connectivity index (χ2n) is 5.35. The number of hydrogen-bond donors (Lipinski definition) is 0. The molecular weight excluding hydrogens is 236 g/mol. The molecule has 1 aromatic carbocycles. The number of aromatic nitrogens is 1. The molecule has 3 nitrogen and oxygen atoms in total. The van der Waals surface area contributed by atoms with Crippen molar-refractivity contribution in [3.63, 3.8) is 0 Å². The van der Waals surface area contributed by atoms with Crippen molar-refractivity contribution in [3.05, 3.63) is 42.1 Å². The molecule has 1 fully saturated rings. The topological polar surface area (TPSA) is 33.2 Å². The SMILES string of the molecule is CN(Cc1ccc2ncccc2c1)C(=O)C1CCC1. The van der Waals surface area contributed by atoms with Crippen LogP contribution in [0.5, 0.6) is 0 Å². The summed E-state index contributed by atoms with van der Waals surface area (Å²) in [6.45, 7) is 0.681. The van der Waals surface area contributed by atoms with Crippen molar-refractivity contribution in [2.24, 2.45) is 5.92 Å². The van der Waals surface area contributed by atoms with Crippen LogP contribution in [-0.4, -0.2) is 22.8 Å². The molecule has 0 aliphatic heterocycles. The van der Waals surface area contributed by atoms with E-state index >= 15 is 0 Å². The predicted molar refractivity (Wildman–Crippen MR) is 75.6 cm³/mol. The Hall–Kier alpha value is -1.90. The van der Waals surface area contributed by atoms with Crippen molar-refractivity contribution in [1.82, 2.24) is 9.88 Å². The number of carbonyl (C=O) groups excluding carboxylic acids is 1. The lowest BCUT2D eigenvalue weighted by molar-refractivity contribution is -0.137. The van der Waals surface area contributed by atoms with E-state index in [1.807, 2.05) is 24.1 Å². The molecule has 3 rings (SSSR count). The van der Waals surface area contributed by atoms with Crippen molar-refractivity contribution in [1.29, 1.82) is 0 Å². The molecular formula is C16H18N2O. The van der Waals surface area contributed by atoms with Crippen molar-refractivity contribution in [2.45, 2.75) is 25.8 Å². The maximum Gasteiger partial charge on any atom is 0.225 e. The molecule has 0 spiro atoms. The predicted octanol–water partition coefficient (Wildman–Crippen LogP) is 2.99. The molecule has 19 heavy (non-hydrogen) atoms. The van der Waals surface area contributed by atoms with Gasteiger partial charge in [-0.3, -0.25) is 9.78 Å². The van der Waals surface area contributed by atoms with Crippen LogP contribution in [0.1, 0.15) is 24.8 Å². The van der Waals surface area contributed by atoms with E-state index in [0.717, 1.165) is 29.3 Å². The Morgan fingerprint density at radius 2 is 2.21 bits per heavy atom. The van der Waals surface area contributed by atoms with Crippen LogP contribution >= 0.6 is 0 Å². The van der Waals surface area contributed by atoms with Crippen LogP contribution < -0.4 is 0 Å². The highest BCUT2D eigenvalue weighted by atomic mass is 16.2. The number of fused-ring (bicyclic) bond motifs is 1. The van der Waals surface area contributed by atoms with Gasteiger partial charge in [0.1, 0.15) is 0 Å². The molecule has 1 amide bonds. The maximum absolute atomic E-state index is 12.1. The first kappa shape index (κ1) is 12.2. The van der Waals surface area contributed by atoms with Crippen molar-refractivity contribution in [3.8, 4) is 0 Å². The lowest BCUT2D eigenvalue weighted by Crippen LogP contribution is -2.35. The zero-order chi connectivity index (χ0) is 13.2. The highest BCUT2D eigenvalue weighted by molar-refractivity contribution is 5.80. The molecule has 1 aromatic heterocycles. The molecule has 0 radical (unpaired) electrons. The highest BCUT2D eigenvalue weighted by Crippen LogP contribution is 2.28. The Morgan fingerprint density at radius 1 is 1.37 bits per heavy atom. The number of benzene rings is 1. The van der Waals surface area contributed by atoms with Gasteiger partial charge >= 0.3 is 0 Å². The van der Waals surface area contributed by atoms with Crippen molar-refractivity contribution >= 4 is 16.8 Å². The zero-order valence-electron chi connectivity index (χ0n) is 11.2. The van der Waals surface area contributed by atoms with Gasteiger partial charge in [-0.1, -0.05) is 18.6 Å². The van der Waals surface area contributed by atoms with E-state index in [-0.39, 0.29) is 11.8 Å². The summed E-state index contributed by atoms with van der Waals surface area (Å²) in [4.78, 5) is 18.3. The van der Waals surface area contributed by atoms with E-state index in [9.17, 15) is 4.79 Å². The summed E-state index contributed by atoms with van der Waals surface area (Å²) in [7, 11) is 1.90. The van der Waals surface area contributed by atoms with E-state index in [4.69, 9.17) is 0 Å². The number of hydrogen-bond acceptors (Lipinski definition) is 2. The standard InChI is InChI=1S/C16H18N2O/c1-18(16(19)13-4-2-5-13)11-12-7-8-15-14(10-12)6-3-9-17-15/h3,6-10,13H,2,4-5,11H2,1H3. The fourth-order valence-electron chi connectivity index (χ4n) is 2.54. The normalized spacial score (nSPS) is 15.2. The van der Waals surface area contributed by atoms with Crippen LogP contribution in [0.4, 0.5) is 0 Å². The Bertz CT molecular complexity index is 604. The van der Waals surface area contributed by atoms with Crippen LogP contribution in [0.15, 0.2) is 36.5 Å². The van der Waals surface area contributed by atoms with E-state index in [0.29, 0.717) is 6.54 Å². The molecule has 0 unspecified atom stereocenters. The van der Waals surface area contributed by atoms with E-state index in [1.165, 1.54) is 6.42 Å². The summed E-state index contributed by atoms with van der Waals surface area (Å²) < 4.78 is 0. The molecule has 2 aromatic rings. The number of carbonyl (C=O) groups is 1. The van der Waals surface area contributed by atoms with Gasteiger partial charge in [0.15, 0.2) is 0 Å². The third-order valence-corrected chi connectivity index (χ3v) is 3.92. The molecule has 1 saturated carbocycles. The maximum atomic E-state index is 12.1. The fraction of sp³-hybridized carbons (Fsp3) is 0.375. The van der Waals surface area contributed by atoms with Crippen LogP contribution in [0.3, 0.4) is 0 Å². The number of amides is 1. The molecule has 3 heteroatoms. The van der Waals surface area contributed by atoms with E-state index in [1.54, 1.807) is 6.20 Å². The van der Waals surface area contributed by atoms with Crippen molar-refractivity contribution in [2.75, 3.05) is 7.05 Å². The Balaban J connectivity index is 1.75. The van der Waals surface area contributed by atoms with Gasteiger partial charge in [0.25, 0.3) is 0 Å². The third kappa shape index (κ3) is 2.46. The summed E-state index contributed by atoms with van der Waals surface area (Å²) in [6.07, 6.45) is 5.12. The quantitative estimate of drug-likeness (QED) is 0.843. The molecule has 0 saturated heterocycles. The second kappa shape index (κ2) is 5.00. The van der Waals surface area contributed by atoms with Crippen LogP contribution in [-0.2, 0) is 11.3 Å². The minimum atomic E-state index is 0.270. The molecule has 1 aliphatic carbocycles. The first-order valence-corrected chi connectivity index (χ1v) is 6.83. The number of rotatable bonds is 3. The molecule has 0 atom stereocenters. The molecule has 98 valence electrons. The van der Waals surface area contributed by atoms with E-state index < -0.39 is 0 Å². The minimum absolute atomic E-state index is 0.270. The van der Waals surface area contributed by atoms with Gasteiger partial charge in [-0.25, -0.2) is 0 Å². The van der Waals surface area contributed by atoms with Gasteiger partial charge in [0.2, 0.25) is 5.91 Å². The van der Waals surface area contributed by atoms with Crippen molar-refractivity contribution < 1.29 is 4.79 Å². The Morgan fingerprint density at radius 3 is 2.95 bits per heavy atom. The minimum Gasteiger partial charge on any atom is -0.341 e. The third-order valence-electron chi connectivity index (χ3n) is 3.92. The largest absolute Gasteiger partial charge is 0.341 e. The first-order valence-electron chi connectivity index (χ1n) is 6.83. The summed E-state index contributed by atoms with van der Waals surface area (Å²) in [5, 5.41) is 1.13. The summed E-state index contributed by atoms with van der Waals surface area (Å²) in [5.74, 6) is 0.560. The summed E-state index contributed by atoms with van der Waals surface area (Å²) >= 11 is 0. The van der Waals surface area contributed by atoms with Crippen LogP contribution in [0.25, 0.3) is 10.9 Å². The average Bonchev–Trinajstić information content (AvgIpc) is 2.36. The number of pyridine rings is 1. The van der Waals surface area contributed by atoms with Gasteiger partial charge in [-0.05, 0) is 36.6 Å². The molecule has 0 N–H and O–H groups in total.